The van der Waals surface area contributed by atoms with E-state index in [2.05, 4.69) is 35.9 Å². The second kappa shape index (κ2) is 9.61. The molecule has 0 saturated carbocycles. The summed E-state index contributed by atoms with van der Waals surface area (Å²) in [5.74, 6) is -0.443. The van der Waals surface area contributed by atoms with E-state index in [4.69, 9.17) is 9.40 Å². The van der Waals surface area contributed by atoms with E-state index in [0.717, 1.165) is 46.0 Å². The molecule has 0 N–H and O–H groups in total. The summed E-state index contributed by atoms with van der Waals surface area (Å²) < 4.78 is 8.27. The van der Waals surface area contributed by atoms with Gasteiger partial charge in [-0.2, -0.15) is 10.3 Å². The van der Waals surface area contributed by atoms with Crippen LogP contribution in [0.5, 0.6) is 0 Å². The third-order valence-electron chi connectivity index (χ3n) is 7.69. The van der Waals surface area contributed by atoms with Crippen molar-refractivity contribution in [1.29, 1.82) is 5.26 Å². The van der Waals surface area contributed by atoms with Crippen molar-refractivity contribution in [2.75, 3.05) is 18.0 Å². The molecule has 198 valence electrons. The number of benzene rings is 4. The molecule has 0 spiro atoms. The standard InChI is InChI=1S/C34H25N5O2/c1-3-38(4-2)23-17-16-22-18-26-31(41-30(22)19-23)27(20-35)33(39-29-15-8-7-14-28(29)36-32(26)39)37-34(40)25-13-9-11-21-10-5-6-12-24(21)25/h5-19H,3-4H2,1-2H3. The van der Waals surface area contributed by atoms with E-state index in [9.17, 15) is 10.1 Å². The van der Waals surface area contributed by atoms with Crippen molar-refractivity contribution in [2.24, 2.45) is 4.99 Å². The van der Waals surface area contributed by atoms with Gasteiger partial charge in [0, 0.05) is 35.8 Å². The minimum absolute atomic E-state index is 0.180. The Kier molecular flexibility index (Phi) is 5.76. The number of para-hydroxylation sites is 2. The van der Waals surface area contributed by atoms with E-state index >= 15 is 0 Å². The number of hydrogen-bond donors (Lipinski definition) is 0. The number of nitriles is 1. The molecule has 0 radical (unpaired) electrons. The zero-order chi connectivity index (χ0) is 28.1. The molecular formula is C34H25N5O2. The number of nitrogens with zero attached hydrogens (tertiary/aromatic N) is 5. The van der Waals surface area contributed by atoms with Crippen LogP contribution >= 0.6 is 0 Å². The lowest BCUT2D eigenvalue weighted by atomic mass is 10.0. The Morgan fingerprint density at radius 2 is 1.71 bits per heavy atom. The van der Waals surface area contributed by atoms with Gasteiger partial charge in [0.15, 0.2) is 16.7 Å². The molecule has 41 heavy (non-hydrogen) atoms. The monoisotopic (exact) mass is 535 g/mol. The fraction of sp³-hybridized carbons (Fsp3) is 0.118. The number of carbonyl (C=O) groups is 1. The molecule has 7 aromatic rings. The van der Waals surface area contributed by atoms with E-state index in [1.165, 1.54) is 0 Å². The smallest absolute Gasteiger partial charge is 0.279 e. The van der Waals surface area contributed by atoms with Crippen LogP contribution < -0.4 is 10.4 Å². The highest BCUT2D eigenvalue weighted by Gasteiger charge is 2.20. The highest BCUT2D eigenvalue weighted by atomic mass is 16.3. The Morgan fingerprint density at radius 1 is 0.927 bits per heavy atom. The molecule has 4 aromatic carbocycles. The fourth-order valence-electron chi connectivity index (χ4n) is 5.66. The van der Waals surface area contributed by atoms with Gasteiger partial charge in [-0.1, -0.05) is 48.5 Å². The predicted octanol–water partition coefficient (Wildman–Crippen LogP) is 7.00. The average Bonchev–Trinajstić information content (AvgIpc) is 3.40. The molecule has 1 amide bonds. The van der Waals surface area contributed by atoms with Crippen molar-refractivity contribution in [2.45, 2.75) is 13.8 Å². The number of pyridine rings is 1. The Hall–Kier alpha value is -5.48. The SMILES string of the molecule is CCN(CC)c1ccc2cc3c(oc2c1)c(C#N)c(=NC(=O)c1cccc2ccccc12)n1c2ccccc2nc31. The van der Waals surface area contributed by atoms with Crippen molar-refractivity contribution in [3.63, 3.8) is 0 Å². The number of amides is 1. The van der Waals surface area contributed by atoms with Gasteiger partial charge in [0.2, 0.25) is 0 Å². The molecule has 7 nitrogen and oxygen atoms in total. The number of rotatable bonds is 4. The molecule has 0 atom stereocenters. The van der Waals surface area contributed by atoms with Crippen LogP contribution in [0.2, 0.25) is 0 Å². The molecule has 7 rings (SSSR count). The number of aromatic nitrogens is 2. The van der Waals surface area contributed by atoms with Gasteiger partial charge in [0.05, 0.1) is 16.4 Å². The summed E-state index contributed by atoms with van der Waals surface area (Å²) in [7, 11) is 0. The lowest BCUT2D eigenvalue weighted by Crippen LogP contribution is -2.21. The molecule has 3 aromatic heterocycles. The number of fused-ring (bicyclic) bond motifs is 7. The molecule has 7 heteroatoms. The van der Waals surface area contributed by atoms with Gasteiger partial charge < -0.3 is 9.32 Å². The van der Waals surface area contributed by atoms with Crippen LogP contribution in [0.25, 0.3) is 49.4 Å². The number of imidazole rings is 1. The molecule has 0 aliphatic carbocycles. The van der Waals surface area contributed by atoms with Crippen LogP contribution in [0.1, 0.15) is 29.8 Å². The van der Waals surface area contributed by atoms with Crippen LogP contribution in [0, 0.1) is 11.3 Å². The van der Waals surface area contributed by atoms with E-state index in [1.54, 1.807) is 10.5 Å². The van der Waals surface area contributed by atoms with Crippen molar-refractivity contribution in [1.82, 2.24) is 9.38 Å². The van der Waals surface area contributed by atoms with Crippen LogP contribution in [-0.2, 0) is 0 Å². The maximum Gasteiger partial charge on any atom is 0.279 e. The van der Waals surface area contributed by atoms with Crippen LogP contribution in [0.4, 0.5) is 5.69 Å². The Labute approximate surface area is 235 Å². The first-order chi connectivity index (χ1) is 20.1. The Bertz CT molecular complexity index is 2280. The summed E-state index contributed by atoms with van der Waals surface area (Å²) in [6, 6.07) is 31.3. The van der Waals surface area contributed by atoms with Crippen molar-refractivity contribution < 1.29 is 9.21 Å². The maximum atomic E-state index is 13.8. The highest BCUT2D eigenvalue weighted by Crippen LogP contribution is 2.31. The Balaban J connectivity index is 1.60. The van der Waals surface area contributed by atoms with Gasteiger partial charge >= 0.3 is 0 Å². The number of anilines is 1. The van der Waals surface area contributed by atoms with Gasteiger partial charge in [-0.25, -0.2) is 4.98 Å². The van der Waals surface area contributed by atoms with E-state index in [0.29, 0.717) is 27.8 Å². The molecule has 0 saturated heterocycles. The summed E-state index contributed by atoms with van der Waals surface area (Å²) >= 11 is 0. The largest absolute Gasteiger partial charge is 0.454 e. The fourth-order valence-corrected chi connectivity index (χ4v) is 5.66. The summed E-state index contributed by atoms with van der Waals surface area (Å²) in [6.07, 6.45) is 0. The zero-order valence-corrected chi connectivity index (χ0v) is 22.6. The molecule has 0 fully saturated rings. The summed E-state index contributed by atoms with van der Waals surface area (Å²) in [6.45, 7) is 5.94. The van der Waals surface area contributed by atoms with Gasteiger partial charge in [0.1, 0.15) is 17.2 Å². The molecule has 0 unspecified atom stereocenters. The zero-order valence-electron chi connectivity index (χ0n) is 22.6. The van der Waals surface area contributed by atoms with Gasteiger partial charge in [-0.15, -0.1) is 0 Å². The van der Waals surface area contributed by atoms with Crippen molar-refractivity contribution in [3.05, 3.63) is 108 Å². The van der Waals surface area contributed by atoms with Crippen LogP contribution in [-0.4, -0.2) is 28.4 Å². The minimum Gasteiger partial charge on any atom is -0.454 e. The summed E-state index contributed by atoms with van der Waals surface area (Å²) in [4.78, 5) is 25.5. The van der Waals surface area contributed by atoms with Crippen molar-refractivity contribution >= 4 is 61.0 Å². The van der Waals surface area contributed by atoms with E-state index in [-0.39, 0.29) is 11.1 Å². The molecule has 0 aliphatic heterocycles. The molecule has 0 bridgehead atoms. The first-order valence-corrected chi connectivity index (χ1v) is 13.6. The highest BCUT2D eigenvalue weighted by molar-refractivity contribution is 6.08. The summed E-state index contributed by atoms with van der Waals surface area (Å²) in [5, 5.41) is 13.8. The third kappa shape index (κ3) is 3.84. The van der Waals surface area contributed by atoms with Crippen molar-refractivity contribution in [3.8, 4) is 6.07 Å². The van der Waals surface area contributed by atoms with Gasteiger partial charge in [-0.3, -0.25) is 9.20 Å². The van der Waals surface area contributed by atoms with Gasteiger partial charge in [0.25, 0.3) is 5.91 Å². The maximum absolute atomic E-state index is 13.8. The topological polar surface area (TPSA) is 86.9 Å². The number of hydrogen-bond acceptors (Lipinski definition) is 5. The first-order valence-electron chi connectivity index (χ1n) is 13.6. The third-order valence-corrected chi connectivity index (χ3v) is 7.69. The lowest BCUT2D eigenvalue weighted by molar-refractivity contribution is 0.0999. The first kappa shape index (κ1) is 24.6. The average molecular weight is 536 g/mol. The normalized spacial score (nSPS) is 12.1. The van der Waals surface area contributed by atoms with Crippen LogP contribution in [0.15, 0.2) is 100 Å². The molecule has 0 aliphatic rings. The molecule has 3 heterocycles. The second-order valence-corrected chi connectivity index (χ2v) is 9.90. The quantitative estimate of drug-likeness (QED) is 0.227. The summed E-state index contributed by atoms with van der Waals surface area (Å²) in [5.41, 5.74) is 4.93. The van der Waals surface area contributed by atoms with Gasteiger partial charge in [-0.05, 0) is 61.0 Å². The Morgan fingerprint density at radius 3 is 2.54 bits per heavy atom. The minimum atomic E-state index is -0.443. The van der Waals surface area contributed by atoms with Crippen LogP contribution in [0.3, 0.4) is 0 Å². The molecular weight excluding hydrogens is 510 g/mol. The van der Waals surface area contributed by atoms with E-state index in [1.807, 2.05) is 78.9 Å². The predicted molar refractivity (Wildman–Crippen MR) is 162 cm³/mol. The second-order valence-electron chi connectivity index (χ2n) is 9.90. The van der Waals surface area contributed by atoms with E-state index < -0.39 is 5.91 Å². The number of carbonyl (C=O) groups excluding carboxylic acids is 1. The lowest BCUT2D eigenvalue weighted by Gasteiger charge is -2.21.